The number of rotatable bonds is 3. The number of halogens is 3. The highest BCUT2D eigenvalue weighted by Crippen LogP contribution is 2.30. The summed E-state index contributed by atoms with van der Waals surface area (Å²) >= 11 is 0. The standard InChI is InChI=1S/C8H11F3O2/c1-4-5(12)7(2,3)6(13)8(9,10)11/h4H2,1-3H3. The van der Waals surface area contributed by atoms with Crippen LogP contribution in [0.15, 0.2) is 0 Å². The Kier molecular flexibility index (Phi) is 3.24. The zero-order chi connectivity index (χ0) is 10.9. The maximum atomic E-state index is 11.9. The van der Waals surface area contributed by atoms with Gasteiger partial charge in [0.1, 0.15) is 5.78 Å². The van der Waals surface area contributed by atoms with Crippen molar-refractivity contribution in [3.63, 3.8) is 0 Å². The number of carbonyl (C=O) groups is 2. The van der Waals surface area contributed by atoms with Crippen molar-refractivity contribution < 1.29 is 22.8 Å². The highest BCUT2D eigenvalue weighted by molar-refractivity contribution is 6.08. The lowest BCUT2D eigenvalue weighted by Gasteiger charge is -2.21. The molecule has 5 heteroatoms. The Balaban J connectivity index is 4.85. The molecule has 0 heterocycles. The zero-order valence-corrected chi connectivity index (χ0v) is 7.66. The minimum absolute atomic E-state index is 0.0746. The molecule has 0 fully saturated rings. The highest BCUT2D eigenvalue weighted by Gasteiger charge is 2.50. The van der Waals surface area contributed by atoms with E-state index in [1.807, 2.05) is 0 Å². The van der Waals surface area contributed by atoms with Gasteiger partial charge in [-0.1, -0.05) is 6.92 Å². The Bertz CT molecular complexity index is 228. The molecule has 0 N–H and O–H groups in total. The minimum Gasteiger partial charge on any atom is -0.299 e. The fourth-order valence-corrected chi connectivity index (χ4v) is 0.923. The van der Waals surface area contributed by atoms with Gasteiger partial charge in [0.25, 0.3) is 0 Å². The molecule has 0 radical (unpaired) electrons. The number of Topliss-reactive ketones (excluding diaryl/α,β-unsaturated/α-hetero) is 2. The van der Waals surface area contributed by atoms with Gasteiger partial charge < -0.3 is 0 Å². The SMILES string of the molecule is CCC(=O)C(C)(C)C(=O)C(F)(F)F. The Hall–Kier alpha value is -0.870. The number of hydrogen-bond donors (Lipinski definition) is 0. The molecule has 0 bridgehead atoms. The normalized spacial score (nSPS) is 12.8. The molecule has 0 saturated heterocycles. The van der Waals surface area contributed by atoms with Gasteiger partial charge in [0.2, 0.25) is 5.78 Å². The van der Waals surface area contributed by atoms with Crippen LogP contribution in [-0.2, 0) is 9.59 Å². The van der Waals surface area contributed by atoms with Gasteiger partial charge in [0.15, 0.2) is 0 Å². The number of hydrogen-bond acceptors (Lipinski definition) is 2. The van der Waals surface area contributed by atoms with Crippen molar-refractivity contribution in [2.45, 2.75) is 33.4 Å². The molecule has 0 amide bonds. The third kappa shape index (κ3) is 2.54. The van der Waals surface area contributed by atoms with Crippen molar-refractivity contribution in [2.24, 2.45) is 5.41 Å². The lowest BCUT2D eigenvalue weighted by Crippen LogP contribution is -2.42. The molecule has 0 rings (SSSR count). The summed E-state index contributed by atoms with van der Waals surface area (Å²) in [5.74, 6) is -2.68. The fourth-order valence-electron chi connectivity index (χ4n) is 0.923. The summed E-state index contributed by atoms with van der Waals surface area (Å²) in [6, 6.07) is 0. The van der Waals surface area contributed by atoms with Crippen molar-refractivity contribution >= 4 is 11.6 Å². The van der Waals surface area contributed by atoms with Crippen LogP contribution in [0, 0.1) is 5.41 Å². The van der Waals surface area contributed by atoms with Crippen molar-refractivity contribution in [3.8, 4) is 0 Å². The van der Waals surface area contributed by atoms with Gasteiger partial charge in [-0.3, -0.25) is 9.59 Å². The predicted octanol–water partition coefficient (Wildman–Crippen LogP) is 2.12. The summed E-state index contributed by atoms with van der Waals surface area (Å²) in [5.41, 5.74) is -1.95. The molecule has 0 unspecified atom stereocenters. The van der Waals surface area contributed by atoms with Crippen LogP contribution < -0.4 is 0 Å². The second-order valence-electron chi connectivity index (χ2n) is 3.23. The van der Waals surface area contributed by atoms with E-state index in [-0.39, 0.29) is 6.42 Å². The van der Waals surface area contributed by atoms with Gasteiger partial charge in [-0.25, -0.2) is 0 Å². The number of ketones is 2. The first kappa shape index (κ1) is 12.1. The van der Waals surface area contributed by atoms with Crippen LogP contribution in [0.3, 0.4) is 0 Å². The van der Waals surface area contributed by atoms with Crippen LogP contribution in [0.1, 0.15) is 27.2 Å². The summed E-state index contributed by atoms with van der Waals surface area (Å²) in [5, 5.41) is 0. The predicted molar refractivity (Wildman–Crippen MR) is 40.1 cm³/mol. The third-order valence-corrected chi connectivity index (χ3v) is 1.84. The zero-order valence-electron chi connectivity index (χ0n) is 7.66. The van der Waals surface area contributed by atoms with E-state index < -0.39 is 23.2 Å². The number of alkyl halides is 3. The van der Waals surface area contributed by atoms with E-state index in [1.165, 1.54) is 6.92 Å². The second-order valence-corrected chi connectivity index (χ2v) is 3.23. The summed E-state index contributed by atoms with van der Waals surface area (Å²) in [6.45, 7) is 3.41. The molecule has 76 valence electrons. The number of carbonyl (C=O) groups excluding carboxylic acids is 2. The molecule has 0 aliphatic carbocycles. The largest absolute Gasteiger partial charge is 0.451 e. The molecule has 0 atom stereocenters. The maximum absolute atomic E-state index is 11.9. The van der Waals surface area contributed by atoms with Crippen LogP contribution in [0.2, 0.25) is 0 Å². The summed E-state index contributed by atoms with van der Waals surface area (Å²) < 4.78 is 35.8. The van der Waals surface area contributed by atoms with E-state index in [9.17, 15) is 22.8 Å². The molecule has 0 aromatic heterocycles. The highest BCUT2D eigenvalue weighted by atomic mass is 19.4. The van der Waals surface area contributed by atoms with Gasteiger partial charge in [-0.2, -0.15) is 13.2 Å². The van der Waals surface area contributed by atoms with E-state index in [2.05, 4.69) is 0 Å². The van der Waals surface area contributed by atoms with Crippen LogP contribution in [-0.4, -0.2) is 17.7 Å². The maximum Gasteiger partial charge on any atom is 0.451 e. The summed E-state index contributed by atoms with van der Waals surface area (Å²) in [6.07, 6.45) is -5.01. The Morgan fingerprint density at radius 3 is 1.77 bits per heavy atom. The van der Waals surface area contributed by atoms with Gasteiger partial charge >= 0.3 is 6.18 Å². The molecule has 0 aliphatic rings. The van der Waals surface area contributed by atoms with Crippen LogP contribution in [0.4, 0.5) is 13.2 Å². The van der Waals surface area contributed by atoms with Crippen LogP contribution in [0.25, 0.3) is 0 Å². The first-order valence-electron chi connectivity index (χ1n) is 3.79. The molecule has 0 spiro atoms. The van der Waals surface area contributed by atoms with Gasteiger partial charge in [-0.05, 0) is 13.8 Å². The summed E-state index contributed by atoms with van der Waals surface area (Å²) in [7, 11) is 0. The molecule has 0 aromatic rings. The lowest BCUT2D eigenvalue weighted by molar-refractivity contribution is -0.181. The molecular weight excluding hydrogens is 185 g/mol. The van der Waals surface area contributed by atoms with Crippen molar-refractivity contribution in [1.29, 1.82) is 0 Å². The smallest absolute Gasteiger partial charge is 0.299 e. The first-order valence-corrected chi connectivity index (χ1v) is 3.79. The van der Waals surface area contributed by atoms with Gasteiger partial charge in [-0.15, -0.1) is 0 Å². The van der Waals surface area contributed by atoms with E-state index in [1.54, 1.807) is 0 Å². The fraction of sp³-hybridized carbons (Fsp3) is 0.750. The molecule has 2 nitrogen and oxygen atoms in total. The Morgan fingerprint density at radius 2 is 1.54 bits per heavy atom. The summed E-state index contributed by atoms with van der Waals surface area (Å²) in [4.78, 5) is 21.7. The second kappa shape index (κ2) is 3.47. The van der Waals surface area contributed by atoms with Gasteiger partial charge in [0, 0.05) is 6.42 Å². The first-order chi connectivity index (χ1) is 5.64. The molecular formula is C8H11F3O2. The monoisotopic (exact) mass is 196 g/mol. The van der Waals surface area contributed by atoms with E-state index in [4.69, 9.17) is 0 Å². The van der Waals surface area contributed by atoms with Gasteiger partial charge in [0.05, 0.1) is 5.41 Å². The topological polar surface area (TPSA) is 34.1 Å². The third-order valence-electron chi connectivity index (χ3n) is 1.84. The van der Waals surface area contributed by atoms with E-state index in [0.29, 0.717) is 0 Å². The quantitative estimate of drug-likeness (QED) is 0.648. The average molecular weight is 196 g/mol. The van der Waals surface area contributed by atoms with Crippen molar-refractivity contribution in [2.75, 3.05) is 0 Å². The van der Waals surface area contributed by atoms with Crippen LogP contribution >= 0.6 is 0 Å². The van der Waals surface area contributed by atoms with E-state index in [0.717, 1.165) is 13.8 Å². The molecule has 13 heavy (non-hydrogen) atoms. The molecule has 0 aliphatic heterocycles. The lowest BCUT2D eigenvalue weighted by atomic mass is 9.82. The Morgan fingerprint density at radius 1 is 1.15 bits per heavy atom. The Labute approximate surface area is 74.1 Å². The van der Waals surface area contributed by atoms with Crippen molar-refractivity contribution in [1.82, 2.24) is 0 Å². The van der Waals surface area contributed by atoms with Crippen LogP contribution in [0.5, 0.6) is 0 Å². The molecule has 0 aromatic carbocycles. The minimum atomic E-state index is -4.94. The van der Waals surface area contributed by atoms with E-state index >= 15 is 0 Å². The molecule has 0 saturated carbocycles. The van der Waals surface area contributed by atoms with Crippen molar-refractivity contribution in [3.05, 3.63) is 0 Å². The average Bonchev–Trinajstić information content (AvgIpc) is 1.99.